The third-order valence-electron chi connectivity index (χ3n) is 4.17. The van der Waals surface area contributed by atoms with E-state index in [1.54, 1.807) is 0 Å². The molecule has 0 unspecified atom stereocenters. The number of anilines is 1. The summed E-state index contributed by atoms with van der Waals surface area (Å²) >= 11 is 1.46. The summed E-state index contributed by atoms with van der Waals surface area (Å²) in [5.41, 5.74) is 7.30. The summed E-state index contributed by atoms with van der Waals surface area (Å²) in [6.45, 7) is 2.93. The Bertz CT molecular complexity index is 744. The standard InChI is InChI=1S/C17H20N4O2S/c1-11-14(12-6-3-2-4-7-12)24-17(19-11)20-15(22)13-8-5-9-21(10-13)16(18)23/h2-4,6-7,13H,5,8-10H2,1H3,(H2,18,23)(H,19,20,22)/t13-/m1/s1. The van der Waals surface area contributed by atoms with Crippen LogP contribution in [0.15, 0.2) is 30.3 Å². The third kappa shape index (κ3) is 3.56. The van der Waals surface area contributed by atoms with Crippen LogP contribution < -0.4 is 11.1 Å². The van der Waals surface area contributed by atoms with Crippen LogP contribution in [0.3, 0.4) is 0 Å². The van der Waals surface area contributed by atoms with Gasteiger partial charge in [-0.1, -0.05) is 41.7 Å². The van der Waals surface area contributed by atoms with Crippen LogP contribution in [0.1, 0.15) is 18.5 Å². The molecule has 2 aromatic rings. The number of aryl methyl sites for hydroxylation is 1. The number of aromatic nitrogens is 1. The summed E-state index contributed by atoms with van der Waals surface area (Å²) in [4.78, 5) is 30.8. The van der Waals surface area contributed by atoms with Gasteiger partial charge in [0.05, 0.1) is 16.5 Å². The number of likely N-dealkylation sites (tertiary alicyclic amines) is 1. The molecule has 1 aromatic heterocycles. The highest BCUT2D eigenvalue weighted by Crippen LogP contribution is 2.33. The first-order chi connectivity index (χ1) is 11.5. The molecule has 0 bridgehead atoms. The van der Waals surface area contributed by atoms with Gasteiger partial charge in [0, 0.05) is 13.1 Å². The van der Waals surface area contributed by atoms with Crippen molar-refractivity contribution >= 4 is 28.4 Å². The highest BCUT2D eigenvalue weighted by Gasteiger charge is 2.28. The number of carbonyl (C=O) groups excluding carboxylic acids is 2. The van der Waals surface area contributed by atoms with E-state index in [0.717, 1.165) is 29.0 Å². The highest BCUT2D eigenvalue weighted by atomic mass is 32.1. The van der Waals surface area contributed by atoms with Crippen LogP contribution in [0.25, 0.3) is 10.4 Å². The number of amides is 3. The van der Waals surface area contributed by atoms with Gasteiger partial charge in [0.25, 0.3) is 0 Å². The van der Waals surface area contributed by atoms with Crippen LogP contribution >= 0.6 is 11.3 Å². The van der Waals surface area contributed by atoms with Gasteiger partial charge in [-0.25, -0.2) is 9.78 Å². The van der Waals surface area contributed by atoms with Crippen LogP contribution in [-0.2, 0) is 4.79 Å². The predicted octanol–water partition coefficient (Wildman–Crippen LogP) is 2.85. The van der Waals surface area contributed by atoms with E-state index in [4.69, 9.17) is 5.73 Å². The van der Waals surface area contributed by atoms with E-state index in [9.17, 15) is 9.59 Å². The number of rotatable bonds is 3. The highest BCUT2D eigenvalue weighted by molar-refractivity contribution is 7.19. The summed E-state index contributed by atoms with van der Waals surface area (Å²) in [5.74, 6) is -0.343. The van der Waals surface area contributed by atoms with Crippen LogP contribution in [-0.4, -0.2) is 34.9 Å². The molecule has 0 radical (unpaired) electrons. The summed E-state index contributed by atoms with van der Waals surface area (Å²) < 4.78 is 0. The van der Waals surface area contributed by atoms with Crippen molar-refractivity contribution in [1.82, 2.24) is 9.88 Å². The first-order valence-electron chi connectivity index (χ1n) is 7.92. The Morgan fingerprint density at radius 2 is 2.08 bits per heavy atom. The van der Waals surface area contributed by atoms with Crippen molar-refractivity contribution < 1.29 is 9.59 Å². The summed E-state index contributed by atoms with van der Waals surface area (Å²) in [6.07, 6.45) is 1.54. The lowest BCUT2D eigenvalue weighted by molar-refractivity contribution is -0.121. The van der Waals surface area contributed by atoms with Crippen molar-refractivity contribution in [2.75, 3.05) is 18.4 Å². The number of nitrogens with one attached hydrogen (secondary N) is 1. The summed E-state index contributed by atoms with van der Waals surface area (Å²) in [7, 11) is 0. The number of nitrogens with two attached hydrogens (primary N) is 1. The number of carbonyl (C=O) groups is 2. The van der Waals surface area contributed by atoms with Gasteiger partial charge in [-0.05, 0) is 25.3 Å². The zero-order valence-corrected chi connectivity index (χ0v) is 14.3. The summed E-state index contributed by atoms with van der Waals surface area (Å²) in [5, 5.41) is 3.48. The monoisotopic (exact) mass is 344 g/mol. The Kier molecular flexibility index (Phi) is 4.80. The quantitative estimate of drug-likeness (QED) is 0.897. The summed E-state index contributed by atoms with van der Waals surface area (Å²) in [6, 6.07) is 9.51. The molecular formula is C17H20N4O2S. The average Bonchev–Trinajstić information content (AvgIpc) is 2.96. The van der Waals surface area contributed by atoms with Gasteiger partial charge in [-0.2, -0.15) is 0 Å². The Morgan fingerprint density at radius 3 is 2.79 bits per heavy atom. The van der Waals surface area contributed by atoms with Crippen LogP contribution in [0, 0.1) is 12.8 Å². The van der Waals surface area contributed by atoms with Crippen molar-refractivity contribution in [3.8, 4) is 10.4 Å². The molecule has 1 aliphatic heterocycles. The smallest absolute Gasteiger partial charge is 0.314 e. The van der Waals surface area contributed by atoms with Gasteiger partial charge < -0.3 is 16.0 Å². The molecule has 3 rings (SSSR count). The molecule has 0 spiro atoms. The van der Waals surface area contributed by atoms with Crippen molar-refractivity contribution in [1.29, 1.82) is 0 Å². The average molecular weight is 344 g/mol. The van der Waals surface area contributed by atoms with E-state index in [0.29, 0.717) is 18.2 Å². The molecule has 2 heterocycles. The molecule has 1 aromatic carbocycles. The van der Waals surface area contributed by atoms with E-state index in [1.165, 1.54) is 16.2 Å². The molecule has 1 atom stereocenters. The van der Waals surface area contributed by atoms with Crippen LogP contribution in [0.4, 0.5) is 9.93 Å². The lowest BCUT2D eigenvalue weighted by atomic mass is 9.97. The maximum absolute atomic E-state index is 12.5. The molecule has 0 aliphatic carbocycles. The Morgan fingerprint density at radius 1 is 1.33 bits per heavy atom. The number of hydrogen-bond donors (Lipinski definition) is 2. The molecule has 1 saturated heterocycles. The van der Waals surface area contributed by atoms with Crippen LogP contribution in [0.2, 0.25) is 0 Å². The van der Waals surface area contributed by atoms with Crippen molar-refractivity contribution in [2.24, 2.45) is 11.7 Å². The second-order valence-electron chi connectivity index (χ2n) is 5.91. The molecule has 126 valence electrons. The van der Waals surface area contributed by atoms with Gasteiger partial charge in [-0.3, -0.25) is 4.79 Å². The Labute approximate surface area is 144 Å². The van der Waals surface area contributed by atoms with Crippen molar-refractivity contribution in [3.63, 3.8) is 0 Å². The molecule has 1 fully saturated rings. The molecule has 1 aliphatic rings. The van der Waals surface area contributed by atoms with Gasteiger partial charge in [0.2, 0.25) is 5.91 Å². The van der Waals surface area contributed by atoms with Gasteiger partial charge in [-0.15, -0.1) is 0 Å². The SMILES string of the molecule is Cc1nc(NC(=O)[C@@H]2CCCN(C(N)=O)C2)sc1-c1ccccc1. The second kappa shape index (κ2) is 7.00. The lowest BCUT2D eigenvalue weighted by Crippen LogP contribution is -2.46. The van der Waals surface area contributed by atoms with E-state index in [1.807, 2.05) is 37.3 Å². The maximum Gasteiger partial charge on any atom is 0.314 e. The van der Waals surface area contributed by atoms with Gasteiger partial charge >= 0.3 is 6.03 Å². The van der Waals surface area contributed by atoms with E-state index in [2.05, 4.69) is 10.3 Å². The van der Waals surface area contributed by atoms with Crippen molar-refractivity contribution in [2.45, 2.75) is 19.8 Å². The number of nitrogens with zero attached hydrogens (tertiary/aromatic N) is 2. The minimum atomic E-state index is -0.469. The number of primary amides is 1. The second-order valence-corrected chi connectivity index (χ2v) is 6.91. The van der Waals surface area contributed by atoms with E-state index in [-0.39, 0.29) is 11.8 Å². The lowest BCUT2D eigenvalue weighted by Gasteiger charge is -2.30. The fourth-order valence-electron chi connectivity index (χ4n) is 2.91. The molecule has 24 heavy (non-hydrogen) atoms. The first kappa shape index (κ1) is 16.4. The molecule has 0 saturated carbocycles. The minimum absolute atomic E-state index is 0.102. The molecular weight excluding hydrogens is 324 g/mol. The van der Waals surface area contributed by atoms with E-state index >= 15 is 0 Å². The number of urea groups is 1. The number of hydrogen-bond acceptors (Lipinski definition) is 4. The molecule has 6 nitrogen and oxygen atoms in total. The Balaban J connectivity index is 1.70. The minimum Gasteiger partial charge on any atom is -0.351 e. The zero-order valence-electron chi connectivity index (χ0n) is 13.5. The number of thiazole rings is 1. The van der Waals surface area contributed by atoms with Crippen molar-refractivity contribution in [3.05, 3.63) is 36.0 Å². The fraction of sp³-hybridized carbons (Fsp3) is 0.353. The zero-order chi connectivity index (χ0) is 17.1. The largest absolute Gasteiger partial charge is 0.351 e. The fourth-order valence-corrected chi connectivity index (χ4v) is 3.88. The topological polar surface area (TPSA) is 88.3 Å². The predicted molar refractivity (Wildman–Crippen MR) is 94.8 cm³/mol. The van der Waals surface area contributed by atoms with Crippen LogP contribution in [0.5, 0.6) is 0 Å². The third-order valence-corrected chi connectivity index (χ3v) is 5.29. The molecule has 7 heteroatoms. The molecule has 3 N–H and O–H groups in total. The molecule has 3 amide bonds. The van der Waals surface area contributed by atoms with Gasteiger partial charge in [0.15, 0.2) is 5.13 Å². The van der Waals surface area contributed by atoms with Gasteiger partial charge in [0.1, 0.15) is 0 Å². The Hall–Kier alpha value is -2.41. The normalized spacial score (nSPS) is 17.5. The first-order valence-corrected chi connectivity index (χ1v) is 8.74. The van der Waals surface area contributed by atoms with E-state index < -0.39 is 6.03 Å². The maximum atomic E-state index is 12.5. The number of piperidine rings is 1. The number of benzene rings is 1.